The van der Waals surface area contributed by atoms with Crippen LogP contribution in [0.15, 0.2) is 51.2 Å². The Hall–Kier alpha value is -1.38. The topological polar surface area (TPSA) is 49.6 Å². The average molecular weight is 292 g/mol. The van der Waals surface area contributed by atoms with Crippen LogP contribution in [-0.4, -0.2) is 9.97 Å². The predicted octanol–water partition coefficient (Wildman–Crippen LogP) is 3.26. The van der Waals surface area contributed by atoms with Crippen molar-refractivity contribution in [3.63, 3.8) is 0 Å². The standard InChI is InChI=1S/C11H6BrN3S/c12-9-1-2-10(8(5-9)6-13)16-11-3-4-14-7-15-11/h1-5,7H. The molecule has 0 bridgehead atoms. The highest BCUT2D eigenvalue weighted by Gasteiger charge is 2.05. The fraction of sp³-hybridized carbons (Fsp3) is 0. The van der Waals surface area contributed by atoms with Gasteiger partial charge in [0.25, 0.3) is 0 Å². The molecule has 0 amide bonds. The summed E-state index contributed by atoms with van der Waals surface area (Å²) in [6.45, 7) is 0. The molecule has 0 aliphatic rings. The fourth-order valence-corrected chi connectivity index (χ4v) is 2.30. The van der Waals surface area contributed by atoms with Gasteiger partial charge in [-0.3, -0.25) is 0 Å². The fourth-order valence-electron chi connectivity index (χ4n) is 1.13. The van der Waals surface area contributed by atoms with Crippen molar-refractivity contribution in [3.8, 4) is 6.07 Å². The Morgan fingerprint density at radius 2 is 2.19 bits per heavy atom. The van der Waals surface area contributed by atoms with E-state index in [0.29, 0.717) is 5.56 Å². The van der Waals surface area contributed by atoms with Crippen LogP contribution < -0.4 is 0 Å². The first-order chi connectivity index (χ1) is 7.79. The number of hydrogen-bond acceptors (Lipinski definition) is 4. The van der Waals surface area contributed by atoms with Gasteiger partial charge in [0.05, 0.1) is 5.56 Å². The molecule has 3 nitrogen and oxygen atoms in total. The van der Waals surface area contributed by atoms with Gasteiger partial charge in [0, 0.05) is 15.6 Å². The smallest absolute Gasteiger partial charge is 0.116 e. The zero-order valence-corrected chi connectivity index (χ0v) is 10.5. The van der Waals surface area contributed by atoms with Crippen molar-refractivity contribution in [2.75, 3.05) is 0 Å². The van der Waals surface area contributed by atoms with Crippen LogP contribution in [0.25, 0.3) is 0 Å². The van der Waals surface area contributed by atoms with Crippen molar-refractivity contribution in [1.82, 2.24) is 9.97 Å². The monoisotopic (exact) mass is 291 g/mol. The van der Waals surface area contributed by atoms with Crippen LogP contribution in [0, 0.1) is 11.3 Å². The van der Waals surface area contributed by atoms with Gasteiger partial charge in [0.1, 0.15) is 17.4 Å². The molecule has 0 radical (unpaired) electrons. The lowest BCUT2D eigenvalue weighted by Crippen LogP contribution is -1.84. The first kappa shape index (κ1) is 11.1. The van der Waals surface area contributed by atoms with Gasteiger partial charge in [-0.2, -0.15) is 5.26 Å². The highest BCUT2D eigenvalue weighted by Crippen LogP contribution is 2.30. The van der Waals surface area contributed by atoms with E-state index in [4.69, 9.17) is 5.26 Å². The van der Waals surface area contributed by atoms with E-state index in [1.807, 2.05) is 18.2 Å². The van der Waals surface area contributed by atoms with E-state index in [0.717, 1.165) is 14.4 Å². The van der Waals surface area contributed by atoms with Crippen LogP contribution >= 0.6 is 27.7 Å². The molecule has 0 spiro atoms. The minimum absolute atomic E-state index is 0.637. The van der Waals surface area contributed by atoms with Crippen molar-refractivity contribution < 1.29 is 0 Å². The number of benzene rings is 1. The Bertz CT molecular complexity index is 537. The van der Waals surface area contributed by atoms with Gasteiger partial charge in [0.2, 0.25) is 0 Å². The Kier molecular flexibility index (Phi) is 3.54. The summed E-state index contributed by atoms with van der Waals surface area (Å²) in [5.74, 6) is 0. The first-order valence-electron chi connectivity index (χ1n) is 4.43. The van der Waals surface area contributed by atoms with E-state index >= 15 is 0 Å². The molecule has 1 aromatic carbocycles. The number of halogens is 1. The number of nitriles is 1. The maximum Gasteiger partial charge on any atom is 0.116 e. The van der Waals surface area contributed by atoms with Gasteiger partial charge in [0.15, 0.2) is 0 Å². The van der Waals surface area contributed by atoms with E-state index in [1.54, 1.807) is 12.3 Å². The lowest BCUT2D eigenvalue weighted by molar-refractivity contribution is 1.05. The minimum Gasteiger partial charge on any atom is -0.245 e. The number of nitrogens with zero attached hydrogens (tertiary/aromatic N) is 3. The zero-order chi connectivity index (χ0) is 11.4. The third-order valence-corrected chi connectivity index (χ3v) is 3.35. The predicted molar refractivity (Wildman–Crippen MR) is 65.0 cm³/mol. The van der Waals surface area contributed by atoms with Gasteiger partial charge < -0.3 is 0 Å². The Morgan fingerprint density at radius 3 is 2.88 bits per heavy atom. The van der Waals surface area contributed by atoms with E-state index in [9.17, 15) is 0 Å². The van der Waals surface area contributed by atoms with Crippen molar-refractivity contribution in [2.45, 2.75) is 9.92 Å². The minimum atomic E-state index is 0.637. The highest BCUT2D eigenvalue weighted by atomic mass is 79.9. The van der Waals surface area contributed by atoms with Crippen molar-refractivity contribution >= 4 is 27.7 Å². The summed E-state index contributed by atoms with van der Waals surface area (Å²) in [5.41, 5.74) is 0.637. The molecule has 0 fully saturated rings. The van der Waals surface area contributed by atoms with Crippen molar-refractivity contribution in [3.05, 3.63) is 46.8 Å². The number of rotatable bonds is 2. The molecule has 2 aromatic rings. The molecule has 0 saturated carbocycles. The molecule has 0 saturated heterocycles. The molecular formula is C11H6BrN3S. The third-order valence-electron chi connectivity index (χ3n) is 1.83. The van der Waals surface area contributed by atoms with Gasteiger partial charge in [-0.05, 0) is 24.3 Å². The summed E-state index contributed by atoms with van der Waals surface area (Å²) in [6, 6.07) is 9.58. The van der Waals surface area contributed by atoms with E-state index in [2.05, 4.69) is 32.0 Å². The highest BCUT2D eigenvalue weighted by molar-refractivity contribution is 9.10. The summed E-state index contributed by atoms with van der Waals surface area (Å²) in [4.78, 5) is 8.84. The molecule has 0 aliphatic carbocycles. The quantitative estimate of drug-likeness (QED) is 0.797. The molecule has 0 unspecified atom stereocenters. The van der Waals surface area contributed by atoms with Crippen molar-refractivity contribution in [2.24, 2.45) is 0 Å². The Morgan fingerprint density at radius 1 is 1.31 bits per heavy atom. The second kappa shape index (κ2) is 5.10. The number of aromatic nitrogens is 2. The van der Waals surface area contributed by atoms with E-state index < -0.39 is 0 Å². The summed E-state index contributed by atoms with van der Waals surface area (Å²) in [7, 11) is 0. The summed E-state index contributed by atoms with van der Waals surface area (Å²) in [6.07, 6.45) is 3.17. The van der Waals surface area contributed by atoms with Crippen LogP contribution in [0.1, 0.15) is 5.56 Å². The lowest BCUT2D eigenvalue weighted by Gasteiger charge is -2.02. The van der Waals surface area contributed by atoms with Gasteiger partial charge in [-0.1, -0.05) is 27.7 Å². The molecular weight excluding hydrogens is 286 g/mol. The molecule has 5 heteroatoms. The maximum atomic E-state index is 9.00. The first-order valence-corrected chi connectivity index (χ1v) is 6.04. The lowest BCUT2D eigenvalue weighted by atomic mass is 10.2. The molecule has 16 heavy (non-hydrogen) atoms. The summed E-state index contributed by atoms with van der Waals surface area (Å²) < 4.78 is 0.899. The van der Waals surface area contributed by atoms with Crippen LogP contribution in [0.4, 0.5) is 0 Å². The molecule has 0 N–H and O–H groups in total. The van der Waals surface area contributed by atoms with E-state index in [1.165, 1.54) is 18.1 Å². The Labute approximate surface area is 106 Å². The average Bonchev–Trinajstić information content (AvgIpc) is 2.33. The molecule has 1 aromatic heterocycles. The van der Waals surface area contributed by atoms with Crippen LogP contribution in [0.5, 0.6) is 0 Å². The van der Waals surface area contributed by atoms with Crippen LogP contribution in [0.2, 0.25) is 0 Å². The zero-order valence-electron chi connectivity index (χ0n) is 8.09. The summed E-state index contributed by atoms with van der Waals surface area (Å²) in [5, 5.41) is 9.83. The van der Waals surface area contributed by atoms with E-state index in [-0.39, 0.29) is 0 Å². The van der Waals surface area contributed by atoms with Crippen LogP contribution in [0.3, 0.4) is 0 Å². The van der Waals surface area contributed by atoms with Gasteiger partial charge >= 0.3 is 0 Å². The van der Waals surface area contributed by atoms with Gasteiger partial charge in [-0.15, -0.1) is 0 Å². The molecule has 0 atom stereocenters. The van der Waals surface area contributed by atoms with Crippen LogP contribution in [-0.2, 0) is 0 Å². The normalized spacial score (nSPS) is 9.75. The maximum absolute atomic E-state index is 9.00. The largest absolute Gasteiger partial charge is 0.245 e. The third kappa shape index (κ3) is 2.60. The number of hydrogen-bond donors (Lipinski definition) is 0. The second-order valence-corrected chi connectivity index (χ2v) is 4.88. The molecule has 0 aliphatic heterocycles. The molecule has 1 heterocycles. The second-order valence-electron chi connectivity index (χ2n) is 2.90. The SMILES string of the molecule is N#Cc1cc(Br)ccc1Sc1ccncn1. The summed E-state index contributed by atoms with van der Waals surface area (Å²) >= 11 is 4.79. The Balaban J connectivity index is 2.32. The van der Waals surface area contributed by atoms with Gasteiger partial charge in [-0.25, -0.2) is 9.97 Å². The van der Waals surface area contributed by atoms with Crippen molar-refractivity contribution in [1.29, 1.82) is 5.26 Å². The molecule has 2 rings (SSSR count). The molecule has 78 valence electrons.